The molecule has 0 amide bonds. The van der Waals surface area contributed by atoms with Gasteiger partial charge in [-0.15, -0.1) is 11.3 Å². The topological polar surface area (TPSA) is 92.7 Å². The van der Waals surface area contributed by atoms with Gasteiger partial charge in [-0.1, -0.05) is 0 Å². The van der Waals surface area contributed by atoms with Crippen LogP contribution in [0.25, 0.3) is 0 Å². The second-order valence-electron chi connectivity index (χ2n) is 2.94. The van der Waals surface area contributed by atoms with Crippen molar-refractivity contribution in [3.8, 4) is 0 Å². The van der Waals surface area contributed by atoms with Gasteiger partial charge in [-0.3, -0.25) is 4.79 Å². The van der Waals surface area contributed by atoms with E-state index < -0.39 is 28.6 Å². The minimum absolute atomic E-state index is 0.0415. The average Bonchev–Trinajstić information content (AvgIpc) is 2.72. The standard InChI is InChI=1S/C8H10BrNO5S2/c1-15-7(12)6(4-11)10-17(13,14)8-5(9)2-3-16-8/h2-3,6,10-11H,4H2,1H3. The number of aliphatic hydroxyl groups is 1. The first-order valence-corrected chi connectivity index (χ1v) is 7.52. The van der Waals surface area contributed by atoms with Crippen molar-refractivity contribution >= 4 is 43.3 Å². The van der Waals surface area contributed by atoms with Crippen molar-refractivity contribution in [1.29, 1.82) is 0 Å². The molecule has 2 N–H and O–H groups in total. The zero-order chi connectivity index (χ0) is 13.1. The maximum absolute atomic E-state index is 11.9. The molecule has 6 nitrogen and oxygen atoms in total. The monoisotopic (exact) mass is 343 g/mol. The highest BCUT2D eigenvalue weighted by Gasteiger charge is 2.27. The Hall–Kier alpha value is -0.480. The number of hydrogen-bond donors (Lipinski definition) is 2. The van der Waals surface area contributed by atoms with Crippen LogP contribution in [0.1, 0.15) is 0 Å². The number of rotatable bonds is 5. The lowest BCUT2D eigenvalue weighted by molar-refractivity contribution is -0.143. The lowest BCUT2D eigenvalue weighted by atomic mass is 10.3. The van der Waals surface area contributed by atoms with Gasteiger partial charge in [0.1, 0.15) is 10.3 Å². The first kappa shape index (κ1) is 14.6. The number of halogens is 1. The predicted molar refractivity (Wildman–Crippen MR) is 65.2 cm³/mol. The summed E-state index contributed by atoms with van der Waals surface area (Å²) in [6.07, 6.45) is 0. The summed E-state index contributed by atoms with van der Waals surface area (Å²) >= 11 is 4.08. The van der Waals surface area contributed by atoms with Gasteiger partial charge in [0, 0.05) is 4.47 Å². The molecular formula is C8H10BrNO5S2. The Morgan fingerprint density at radius 2 is 2.35 bits per heavy atom. The predicted octanol–water partition coefficient (Wildman–Crippen LogP) is 0.323. The van der Waals surface area contributed by atoms with E-state index in [1.54, 1.807) is 11.4 Å². The van der Waals surface area contributed by atoms with Gasteiger partial charge in [0.25, 0.3) is 10.0 Å². The molecule has 1 unspecified atom stereocenters. The van der Waals surface area contributed by atoms with Crippen LogP contribution in [0.2, 0.25) is 0 Å². The zero-order valence-electron chi connectivity index (χ0n) is 8.71. The van der Waals surface area contributed by atoms with Gasteiger partial charge in [-0.2, -0.15) is 4.72 Å². The number of sulfonamides is 1. The Kier molecular flexibility index (Phi) is 5.07. The van der Waals surface area contributed by atoms with Crippen LogP contribution in [0.4, 0.5) is 0 Å². The smallest absolute Gasteiger partial charge is 0.326 e. The maximum Gasteiger partial charge on any atom is 0.326 e. The second-order valence-corrected chi connectivity index (χ2v) is 6.62. The van der Waals surface area contributed by atoms with Crippen molar-refractivity contribution in [1.82, 2.24) is 4.72 Å². The third-order valence-electron chi connectivity index (χ3n) is 1.79. The van der Waals surface area contributed by atoms with Crippen LogP contribution in [0.5, 0.6) is 0 Å². The molecule has 0 saturated heterocycles. The molecule has 9 heteroatoms. The number of esters is 1. The van der Waals surface area contributed by atoms with E-state index in [1.807, 2.05) is 0 Å². The molecular weight excluding hydrogens is 334 g/mol. The zero-order valence-corrected chi connectivity index (χ0v) is 11.9. The molecule has 1 heterocycles. The summed E-state index contributed by atoms with van der Waals surface area (Å²) in [4.78, 5) is 11.2. The molecule has 0 radical (unpaired) electrons. The Labute approximate surface area is 111 Å². The number of nitrogens with one attached hydrogen (secondary N) is 1. The fourth-order valence-electron chi connectivity index (χ4n) is 1.01. The van der Waals surface area contributed by atoms with E-state index in [1.165, 1.54) is 0 Å². The fourth-order valence-corrected chi connectivity index (χ4v) is 4.54. The summed E-state index contributed by atoms with van der Waals surface area (Å²) in [6, 6.07) is 0.268. The third kappa shape index (κ3) is 3.49. The van der Waals surface area contributed by atoms with Gasteiger partial charge in [0.2, 0.25) is 0 Å². The molecule has 1 aromatic heterocycles. The minimum atomic E-state index is -3.85. The van der Waals surface area contributed by atoms with E-state index in [4.69, 9.17) is 5.11 Å². The van der Waals surface area contributed by atoms with E-state index in [2.05, 4.69) is 25.4 Å². The summed E-state index contributed by atoms with van der Waals surface area (Å²) in [5.74, 6) is -0.844. The number of methoxy groups -OCH3 is 1. The highest BCUT2D eigenvalue weighted by atomic mass is 79.9. The molecule has 0 bridgehead atoms. The summed E-state index contributed by atoms with van der Waals surface area (Å²) in [7, 11) is -2.74. The lowest BCUT2D eigenvalue weighted by Crippen LogP contribution is -2.43. The van der Waals surface area contributed by atoms with Crippen LogP contribution in [0.15, 0.2) is 20.1 Å². The van der Waals surface area contributed by atoms with Crippen molar-refractivity contribution in [2.75, 3.05) is 13.7 Å². The van der Waals surface area contributed by atoms with Crippen LogP contribution in [-0.2, 0) is 19.6 Å². The van der Waals surface area contributed by atoms with E-state index in [-0.39, 0.29) is 4.21 Å². The van der Waals surface area contributed by atoms with Gasteiger partial charge in [0.15, 0.2) is 0 Å². The van der Waals surface area contributed by atoms with Crippen LogP contribution < -0.4 is 4.72 Å². The quantitative estimate of drug-likeness (QED) is 0.751. The van der Waals surface area contributed by atoms with Crippen molar-refractivity contribution in [2.45, 2.75) is 10.3 Å². The summed E-state index contributed by atoms with van der Waals surface area (Å²) < 4.78 is 30.6. The largest absolute Gasteiger partial charge is 0.468 e. The maximum atomic E-state index is 11.9. The molecule has 0 aromatic carbocycles. The minimum Gasteiger partial charge on any atom is -0.468 e. The van der Waals surface area contributed by atoms with Gasteiger partial charge in [0.05, 0.1) is 13.7 Å². The number of carbonyl (C=O) groups is 1. The van der Waals surface area contributed by atoms with Gasteiger partial charge in [-0.25, -0.2) is 8.42 Å². The van der Waals surface area contributed by atoms with Crippen LogP contribution >= 0.6 is 27.3 Å². The molecule has 1 atom stereocenters. The number of ether oxygens (including phenoxy) is 1. The van der Waals surface area contributed by atoms with E-state index >= 15 is 0 Å². The normalized spacial score (nSPS) is 13.4. The van der Waals surface area contributed by atoms with E-state index in [9.17, 15) is 13.2 Å². The highest BCUT2D eigenvalue weighted by molar-refractivity contribution is 9.10. The molecule has 0 saturated carbocycles. The van der Waals surface area contributed by atoms with Crippen LogP contribution in [-0.4, -0.2) is 39.3 Å². The van der Waals surface area contributed by atoms with Gasteiger partial charge < -0.3 is 9.84 Å². The summed E-state index contributed by atoms with van der Waals surface area (Å²) in [5.41, 5.74) is 0. The number of aliphatic hydroxyl groups excluding tert-OH is 1. The number of thiophene rings is 1. The SMILES string of the molecule is COC(=O)C(CO)NS(=O)(=O)c1sccc1Br. The third-order valence-corrected chi connectivity index (χ3v) is 5.94. The molecule has 0 spiro atoms. The molecule has 0 aliphatic carbocycles. The van der Waals surface area contributed by atoms with E-state index in [0.717, 1.165) is 18.4 Å². The Balaban J connectivity index is 2.94. The summed E-state index contributed by atoms with van der Waals surface area (Å²) in [5, 5.41) is 10.5. The Morgan fingerprint density at radius 3 is 2.76 bits per heavy atom. The summed E-state index contributed by atoms with van der Waals surface area (Å²) in [6.45, 7) is -0.672. The average molecular weight is 344 g/mol. The lowest BCUT2D eigenvalue weighted by Gasteiger charge is -2.13. The Morgan fingerprint density at radius 1 is 1.71 bits per heavy atom. The van der Waals surface area contributed by atoms with Crippen molar-refractivity contribution < 1.29 is 23.1 Å². The number of hydrogen-bond acceptors (Lipinski definition) is 6. The van der Waals surface area contributed by atoms with Crippen LogP contribution in [0, 0.1) is 0 Å². The molecule has 1 rings (SSSR count). The molecule has 17 heavy (non-hydrogen) atoms. The Bertz CT molecular complexity index is 498. The first-order chi connectivity index (χ1) is 7.92. The molecule has 0 aliphatic heterocycles. The fraction of sp³-hybridized carbons (Fsp3) is 0.375. The van der Waals surface area contributed by atoms with Crippen molar-refractivity contribution in [2.24, 2.45) is 0 Å². The van der Waals surface area contributed by atoms with Crippen molar-refractivity contribution in [3.63, 3.8) is 0 Å². The van der Waals surface area contributed by atoms with Crippen molar-refractivity contribution in [3.05, 3.63) is 15.9 Å². The van der Waals surface area contributed by atoms with Gasteiger partial charge in [-0.05, 0) is 27.4 Å². The van der Waals surface area contributed by atoms with Gasteiger partial charge >= 0.3 is 5.97 Å². The second kappa shape index (κ2) is 5.91. The molecule has 96 valence electrons. The number of carbonyl (C=O) groups excluding carboxylic acids is 1. The molecule has 0 fully saturated rings. The molecule has 1 aromatic rings. The first-order valence-electron chi connectivity index (χ1n) is 4.36. The van der Waals surface area contributed by atoms with Crippen LogP contribution in [0.3, 0.4) is 0 Å². The van der Waals surface area contributed by atoms with E-state index in [0.29, 0.717) is 4.47 Å². The highest BCUT2D eigenvalue weighted by Crippen LogP contribution is 2.27. The molecule has 0 aliphatic rings.